The van der Waals surface area contributed by atoms with Crippen LogP contribution < -0.4 is 5.32 Å². The van der Waals surface area contributed by atoms with Crippen molar-refractivity contribution in [2.45, 2.75) is 37.5 Å². The Morgan fingerprint density at radius 3 is 2.61 bits per heavy atom. The highest BCUT2D eigenvalue weighted by molar-refractivity contribution is 5.51. The number of benzene rings is 2. The molecule has 0 spiro atoms. The number of fused-ring (bicyclic) bond motifs is 1. The Kier molecular flexibility index (Phi) is 3.71. The number of phenols is 2. The number of phenolic OH excluding ortho intramolecular Hbond substituents is 2. The summed E-state index contributed by atoms with van der Waals surface area (Å²) in [6, 6.07) is 13.8. The molecule has 2 aliphatic rings. The SMILES string of the molecule is Oc1ccc2c(c1O)C[C@H](c1ccccc1)O[C@@H]2[C@H]1CCCN1. The minimum Gasteiger partial charge on any atom is -0.504 e. The summed E-state index contributed by atoms with van der Waals surface area (Å²) in [6.45, 7) is 1.000. The smallest absolute Gasteiger partial charge is 0.161 e. The zero-order valence-electron chi connectivity index (χ0n) is 12.9. The van der Waals surface area contributed by atoms with Gasteiger partial charge in [-0.05, 0) is 36.6 Å². The fourth-order valence-electron chi connectivity index (χ4n) is 3.75. The van der Waals surface area contributed by atoms with E-state index >= 15 is 0 Å². The maximum atomic E-state index is 10.3. The molecule has 0 unspecified atom stereocenters. The van der Waals surface area contributed by atoms with Gasteiger partial charge in [0.25, 0.3) is 0 Å². The average molecular weight is 311 g/mol. The molecular weight excluding hydrogens is 290 g/mol. The van der Waals surface area contributed by atoms with E-state index in [4.69, 9.17) is 4.74 Å². The van der Waals surface area contributed by atoms with E-state index in [2.05, 4.69) is 17.4 Å². The highest BCUT2D eigenvalue weighted by atomic mass is 16.5. The van der Waals surface area contributed by atoms with Gasteiger partial charge in [0.1, 0.15) is 0 Å². The van der Waals surface area contributed by atoms with Gasteiger partial charge in [-0.25, -0.2) is 0 Å². The van der Waals surface area contributed by atoms with E-state index in [1.54, 1.807) is 6.07 Å². The van der Waals surface area contributed by atoms with Crippen molar-refractivity contribution in [3.63, 3.8) is 0 Å². The normalized spacial score (nSPS) is 26.9. The molecule has 1 fully saturated rings. The number of hydrogen-bond acceptors (Lipinski definition) is 4. The van der Waals surface area contributed by atoms with E-state index in [0.29, 0.717) is 6.42 Å². The van der Waals surface area contributed by atoms with E-state index in [1.165, 1.54) is 0 Å². The lowest BCUT2D eigenvalue weighted by Crippen LogP contribution is -2.35. The molecule has 120 valence electrons. The van der Waals surface area contributed by atoms with Gasteiger partial charge in [-0.3, -0.25) is 0 Å². The van der Waals surface area contributed by atoms with Crippen molar-refractivity contribution >= 4 is 0 Å². The van der Waals surface area contributed by atoms with Gasteiger partial charge in [0.05, 0.1) is 12.2 Å². The van der Waals surface area contributed by atoms with E-state index in [-0.39, 0.29) is 29.7 Å². The van der Waals surface area contributed by atoms with Gasteiger partial charge in [-0.2, -0.15) is 0 Å². The van der Waals surface area contributed by atoms with Gasteiger partial charge in [0.2, 0.25) is 0 Å². The number of aromatic hydroxyl groups is 2. The highest BCUT2D eigenvalue weighted by Crippen LogP contribution is 2.46. The lowest BCUT2D eigenvalue weighted by Gasteiger charge is -2.36. The van der Waals surface area contributed by atoms with Crippen molar-refractivity contribution in [3.05, 3.63) is 59.2 Å². The van der Waals surface area contributed by atoms with Crippen molar-refractivity contribution < 1.29 is 14.9 Å². The predicted octanol–water partition coefficient (Wildman–Crippen LogP) is 3.20. The molecule has 4 rings (SSSR count). The first kappa shape index (κ1) is 14.5. The quantitative estimate of drug-likeness (QED) is 0.745. The van der Waals surface area contributed by atoms with E-state index in [1.807, 2.05) is 24.3 Å². The third-order valence-corrected chi connectivity index (χ3v) is 4.94. The molecule has 1 saturated heterocycles. The fourth-order valence-corrected chi connectivity index (χ4v) is 3.75. The van der Waals surface area contributed by atoms with Gasteiger partial charge in [-0.1, -0.05) is 36.4 Å². The summed E-state index contributed by atoms with van der Waals surface area (Å²) in [5, 5.41) is 23.7. The van der Waals surface area contributed by atoms with Crippen LogP contribution in [0.2, 0.25) is 0 Å². The van der Waals surface area contributed by atoms with Crippen LogP contribution in [0.15, 0.2) is 42.5 Å². The molecule has 2 aromatic carbocycles. The van der Waals surface area contributed by atoms with Gasteiger partial charge in [0.15, 0.2) is 11.5 Å². The molecule has 0 amide bonds. The van der Waals surface area contributed by atoms with Crippen LogP contribution in [0.4, 0.5) is 0 Å². The van der Waals surface area contributed by atoms with E-state index in [9.17, 15) is 10.2 Å². The number of ether oxygens (including phenoxy) is 1. The highest BCUT2D eigenvalue weighted by Gasteiger charge is 2.36. The molecule has 3 N–H and O–H groups in total. The number of rotatable bonds is 2. The Balaban J connectivity index is 1.76. The largest absolute Gasteiger partial charge is 0.504 e. The first-order valence-corrected chi connectivity index (χ1v) is 8.21. The van der Waals surface area contributed by atoms with E-state index < -0.39 is 0 Å². The summed E-state index contributed by atoms with van der Waals surface area (Å²) < 4.78 is 6.42. The van der Waals surface area contributed by atoms with Crippen molar-refractivity contribution in [2.75, 3.05) is 6.54 Å². The van der Waals surface area contributed by atoms with Crippen LogP contribution in [0.3, 0.4) is 0 Å². The van der Waals surface area contributed by atoms with Crippen LogP contribution in [0.25, 0.3) is 0 Å². The summed E-state index contributed by atoms with van der Waals surface area (Å²) in [6.07, 6.45) is 2.57. The van der Waals surface area contributed by atoms with Crippen molar-refractivity contribution in [3.8, 4) is 11.5 Å². The summed E-state index contributed by atoms with van der Waals surface area (Å²) in [4.78, 5) is 0. The first-order valence-electron chi connectivity index (χ1n) is 8.21. The van der Waals surface area contributed by atoms with Gasteiger partial charge in [-0.15, -0.1) is 0 Å². The Morgan fingerprint density at radius 2 is 1.87 bits per heavy atom. The zero-order chi connectivity index (χ0) is 15.8. The minimum atomic E-state index is -0.108. The fraction of sp³-hybridized carbons (Fsp3) is 0.368. The predicted molar refractivity (Wildman–Crippen MR) is 87.5 cm³/mol. The average Bonchev–Trinajstić information content (AvgIpc) is 3.13. The second kappa shape index (κ2) is 5.87. The second-order valence-corrected chi connectivity index (χ2v) is 6.36. The van der Waals surface area contributed by atoms with Crippen LogP contribution >= 0.6 is 0 Å². The number of hydrogen-bond donors (Lipinski definition) is 3. The third-order valence-electron chi connectivity index (χ3n) is 4.94. The van der Waals surface area contributed by atoms with Gasteiger partial charge in [0, 0.05) is 18.0 Å². The molecule has 0 radical (unpaired) electrons. The Bertz CT molecular complexity index is 695. The standard InChI is InChI=1S/C19H21NO3/c21-16-9-8-13-14(18(16)22)11-17(12-5-2-1-3-6-12)23-19(13)15-7-4-10-20-15/h1-3,5-6,8-9,15,17,19-22H,4,7,10-11H2/t15-,17-,19+/m1/s1. The van der Waals surface area contributed by atoms with Gasteiger partial charge < -0.3 is 20.3 Å². The third kappa shape index (κ3) is 2.58. The van der Waals surface area contributed by atoms with E-state index in [0.717, 1.165) is 36.1 Å². The van der Waals surface area contributed by atoms with Gasteiger partial charge >= 0.3 is 0 Å². The first-order chi connectivity index (χ1) is 11.2. The topological polar surface area (TPSA) is 61.7 Å². The van der Waals surface area contributed by atoms with Crippen LogP contribution in [-0.2, 0) is 11.2 Å². The molecule has 2 aliphatic heterocycles. The molecule has 2 aromatic rings. The summed E-state index contributed by atoms with van der Waals surface area (Å²) in [5.41, 5.74) is 2.90. The molecule has 0 saturated carbocycles. The lowest BCUT2D eigenvalue weighted by molar-refractivity contribution is -0.0444. The molecule has 23 heavy (non-hydrogen) atoms. The van der Waals surface area contributed by atoms with Crippen molar-refractivity contribution in [2.24, 2.45) is 0 Å². The molecule has 2 heterocycles. The van der Waals surface area contributed by atoms with Crippen LogP contribution in [0.5, 0.6) is 11.5 Å². The maximum absolute atomic E-state index is 10.3. The Morgan fingerprint density at radius 1 is 1.04 bits per heavy atom. The molecule has 4 heteroatoms. The van der Waals surface area contributed by atoms with Crippen LogP contribution in [0, 0.1) is 0 Å². The number of nitrogens with one attached hydrogen (secondary N) is 1. The van der Waals surface area contributed by atoms with Crippen LogP contribution in [0.1, 0.15) is 41.7 Å². The lowest BCUT2D eigenvalue weighted by atomic mass is 9.87. The molecule has 0 aromatic heterocycles. The van der Waals surface area contributed by atoms with Crippen molar-refractivity contribution in [1.82, 2.24) is 5.32 Å². The zero-order valence-corrected chi connectivity index (χ0v) is 12.9. The molecule has 4 nitrogen and oxygen atoms in total. The maximum Gasteiger partial charge on any atom is 0.161 e. The Labute approximate surface area is 135 Å². The minimum absolute atomic E-state index is 0.00488. The molecule has 0 bridgehead atoms. The molecular formula is C19H21NO3. The Hall–Kier alpha value is -2.04. The molecule has 0 aliphatic carbocycles. The summed E-state index contributed by atoms with van der Waals surface area (Å²) in [5.74, 6) is -0.0645. The van der Waals surface area contributed by atoms with Crippen LogP contribution in [-0.4, -0.2) is 22.8 Å². The molecule has 3 atom stereocenters. The summed E-state index contributed by atoms with van der Waals surface area (Å²) in [7, 11) is 0. The monoisotopic (exact) mass is 311 g/mol. The second-order valence-electron chi connectivity index (χ2n) is 6.36. The summed E-state index contributed by atoms with van der Waals surface area (Å²) >= 11 is 0. The van der Waals surface area contributed by atoms with Crippen molar-refractivity contribution in [1.29, 1.82) is 0 Å².